The van der Waals surface area contributed by atoms with Crippen molar-refractivity contribution in [2.24, 2.45) is 5.73 Å². The van der Waals surface area contributed by atoms with Crippen molar-refractivity contribution in [3.63, 3.8) is 0 Å². The summed E-state index contributed by atoms with van der Waals surface area (Å²) in [6.45, 7) is 0. The van der Waals surface area contributed by atoms with Crippen LogP contribution in [0.3, 0.4) is 0 Å². The maximum absolute atomic E-state index is 10.6. The molecule has 0 heterocycles. The van der Waals surface area contributed by atoms with Crippen LogP contribution in [0.1, 0.15) is 11.1 Å². The molecular weight excluding hydrogens is 234 g/mol. The van der Waals surface area contributed by atoms with Crippen LogP contribution in [0.2, 0.25) is 0 Å². The molecule has 1 aromatic carbocycles. The minimum absolute atomic E-state index is 0. The van der Waals surface area contributed by atoms with Crippen LogP contribution >= 0.6 is 12.4 Å². The molecule has 0 saturated heterocycles. The predicted molar refractivity (Wildman–Crippen MR) is 63.3 cm³/mol. The minimum Gasteiger partial charge on any atom is -0.504 e. The molecule has 0 amide bonds. The average molecular weight is 253 g/mol. The second kappa shape index (κ2) is 6.19. The summed E-state index contributed by atoms with van der Waals surface area (Å²) >= 11 is 0. The maximum atomic E-state index is 10.6. The summed E-state index contributed by atoms with van der Waals surface area (Å²) in [7, 11) is -2.69. The van der Waals surface area contributed by atoms with E-state index in [1.807, 2.05) is 0 Å². The maximum Gasteiger partial charge on any atom is 0.320 e. The van der Waals surface area contributed by atoms with Gasteiger partial charge in [0.2, 0.25) is 0 Å². The number of hydrogen-bond acceptors (Lipinski definition) is 4. The third-order valence-electron chi connectivity index (χ3n) is 1.91. The van der Waals surface area contributed by atoms with Gasteiger partial charge in [0.05, 0.1) is 11.2 Å². The normalized spacial score (nSPS) is 14.9. The number of ether oxygens (including phenoxy) is 1. The first kappa shape index (κ1) is 9.74. The summed E-state index contributed by atoms with van der Waals surface area (Å²) < 4.78 is 25.4. The van der Waals surface area contributed by atoms with E-state index in [4.69, 9.17) is 15.0 Å². The number of hydrogen-bond donors (Lipinski definition) is 3. The Kier molecular flexibility index (Phi) is 3.77. The van der Waals surface area contributed by atoms with Crippen LogP contribution in [0, 0.1) is 0 Å². The molecule has 0 spiro atoms. The van der Waals surface area contributed by atoms with Gasteiger partial charge in [-0.15, -0.1) is 12.4 Å². The first-order valence-corrected chi connectivity index (χ1v) is 4.18. The smallest absolute Gasteiger partial charge is 0.320 e. The number of phenolic OH excluding ortho intramolecular Hbond substituents is 1. The summed E-state index contributed by atoms with van der Waals surface area (Å²) in [6.07, 6.45) is 0.00692. The summed E-state index contributed by atoms with van der Waals surface area (Å²) in [4.78, 5) is 10.6. The second-order valence-corrected chi connectivity index (χ2v) is 3.05. The Morgan fingerprint density at radius 2 is 2.44 bits per heavy atom. The van der Waals surface area contributed by atoms with Crippen molar-refractivity contribution in [1.29, 1.82) is 0 Å². The highest BCUT2D eigenvalue weighted by Gasteiger charge is 2.13. The Bertz CT molecular complexity index is 455. The molecular formula is C10H16ClNO4. The predicted octanol–water partition coefficient (Wildman–Crippen LogP) is 1.02. The molecule has 1 atom stereocenters. The van der Waals surface area contributed by atoms with Gasteiger partial charge in [0.1, 0.15) is 6.04 Å². The Labute approximate surface area is 105 Å². The number of carboxylic acid groups (broad SMARTS) is 1. The fraction of sp³-hybridized carbons (Fsp3) is 0.300. The highest BCUT2D eigenvalue weighted by atomic mass is 35.5. The van der Waals surface area contributed by atoms with E-state index in [0.29, 0.717) is 5.56 Å². The van der Waals surface area contributed by atoms with Crippen molar-refractivity contribution in [2.45, 2.75) is 12.5 Å². The highest BCUT2D eigenvalue weighted by molar-refractivity contribution is 5.85. The van der Waals surface area contributed by atoms with Crippen molar-refractivity contribution in [2.75, 3.05) is 7.04 Å². The fourth-order valence-electron chi connectivity index (χ4n) is 1.11. The average Bonchev–Trinajstić information content (AvgIpc) is 2.20. The van der Waals surface area contributed by atoms with Gasteiger partial charge in [-0.3, -0.25) is 4.79 Å². The van der Waals surface area contributed by atoms with E-state index in [9.17, 15) is 9.90 Å². The molecule has 0 unspecified atom stereocenters. The number of halogens is 1. The van der Waals surface area contributed by atoms with Crippen LogP contribution in [0.5, 0.6) is 11.5 Å². The molecule has 5 nitrogen and oxygen atoms in total. The number of rotatable bonds is 4. The van der Waals surface area contributed by atoms with E-state index in [0.717, 1.165) is 0 Å². The number of methoxy groups -OCH3 is 1. The van der Waals surface area contributed by atoms with Gasteiger partial charge in [0.15, 0.2) is 11.5 Å². The molecule has 1 aromatic rings. The van der Waals surface area contributed by atoms with E-state index < -0.39 is 19.0 Å². The Balaban J connectivity index is 0. The molecule has 92 valence electrons. The lowest BCUT2D eigenvalue weighted by Crippen LogP contribution is -2.32. The number of nitrogens with two attached hydrogens (primary N) is 1. The lowest BCUT2D eigenvalue weighted by Gasteiger charge is -2.08. The molecule has 0 aliphatic carbocycles. The fourth-order valence-corrected chi connectivity index (χ4v) is 1.11. The van der Waals surface area contributed by atoms with Gasteiger partial charge in [-0.25, -0.2) is 0 Å². The molecule has 0 aliphatic heterocycles. The molecule has 0 radical (unpaired) electrons. The highest BCUT2D eigenvalue weighted by Crippen LogP contribution is 2.26. The quantitative estimate of drug-likeness (QED) is 0.744. The molecule has 16 heavy (non-hydrogen) atoms. The molecule has 6 heteroatoms. The van der Waals surface area contributed by atoms with E-state index >= 15 is 0 Å². The van der Waals surface area contributed by atoms with E-state index in [1.54, 1.807) is 0 Å². The van der Waals surface area contributed by atoms with Crippen LogP contribution in [0.15, 0.2) is 18.2 Å². The van der Waals surface area contributed by atoms with Crippen molar-refractivity contribution >= 4 is 18.4 Å². The van der Waals surface area contributed by atoms with Gasteiger partial charge < -0.3 is 20.7 Å². The zero-order valence-electron chi connectivity index (χ0n) is 11.2. The molecule has 0 aromatic heterocycles. The zero-order chi connectivity index (χ0) is 13.9. The van der Waals surface area contributed by atoms with Crippen LogP contribution < -0.4 is 10.5 Å². The zero-order valence-corrected chi connectivity index (χ0v) is 9.03. The second-order valence-electron chi connectivity index (χ2n) is 3.05. The number of benzene rings is 1. The number of carboxylic acids is 1. The summed E-state index contributed by atoms with van der Waals surface area (Å²) in [5, 5.41) is 18.1. The van der Waals surface area contributed by atoms with Crippen molar-refractivity contribution in [3.8, 4) is 11.5 Å². The van der Waals surface area contributed by atoms with Crippen LogP contribution in [-0.2, 0) is 11.2 Å². The molecule has 1 rings (SSSR count). The Hall–Kier alpha value is -1.46. The topological polar surface area (TPSA) is 92.8 Å². The number of phenols is 1. The van der Waals surface area contributed by atoms with Gasteiger partial charge in [-0.05, 0) is 24.1 Å². The van der Waals surface area contributed by atoms with E-state index in [2.05, 4.69) is 4.74 Å². The monoisotopic (exact) mass is 252 g/mol. The molecule has 0 bridgehead atoms. The van der Waals surface area contributed by atoms with Gasteiger partial charge in [-0.1, -0.05) is 6.07 Å². The third-order valence-corrected chi connectivity index (χ3v) is 1.91. The first-order valence-electron chi connectivity index (χ1n) is 5.68. The van der Waals surface area contributed by atoms with Crippen molar-refractivity contribution in [1.82, 2.24) is 0 Å². The molecule has 4 N–H and O–H groups in total. The third kappa shape index (κ3) is 3.60. The standard InChI is InChI=1S/C10H13NO4.ClH.H2/c1-15-9-5-6(2-3-8(9)12)4-7(11)10(13)14;;/h2-3,5,7,12H,4,11H2,1H3,(H,13,14);2*1H/t7-;;/m0../s1/i1D3;;. The van der Waals surface area contributed by atoms with E-state index in [1.165, 1.54) is 18.2 Å². The van der Waals surface area contributed by atoms with Gasteiger partial charge >= 0.3 is 5.97 Å². The van der Waals surface area contributed by atoms with Crippen LogP contribution in [0.25, 0.3) is 0 Å². The Morgan fingerprint density at radius 3 is 3.00 bits per heavy atom. The van der Waals surface area contributed by atoms with Gasteiger partial charge in [0.25, 0.3) is 0 Å². The number of aromatic hydroxyl groups is 1. The van der Waals surface area contributed by atoms with E-state index in [-0.39, 0.29) is 31.8 Å². The number of aliphatic carboxylic acids is 1. The van der Waals surface area contributed by atoms with Gasteiger partial charge in [0, 0.05) is 1.43 Å². The van der Waals surface area contributed by atoms with Crippen LogP contribution in [0.4, 0.5) is 0 Å². The first-order chi connectivity index (χ1) is 8.19. The molecule has 0 fully saturated rings. The lowest BCUT2D eigenvalue weighted by atomic mass is 10.1. The lowest BCUT2D eigenvalue weighted by molar-refractivity contribution is -0.138. The summed E-state index contributed by atoms with van der Waals surface area (Å²) in [5.74, 6) is -1.73. The minimum atomic E-state index is -2.69. The van der Waals surface area contributed by atoms with Gasteiger partial charge in [-0.2, -0.15) is 0 Å². The van der Waals surface area contributed by atoms with Crippen LogP contribution in [-0.4, -0.2) is 29.3 Å². The van der Waals surface area contributed by atoms with Crippen molar-refractivity contribution in [3.05, 3.63) is 23.8 Å². The summed E-state index contributed by atoms with van der Waals surface area (Å²) in [5.41, 5.74) is 5.81. The molecule has 0 saturated carbocycles. The van der Waals surface area contributed by atoms with Crippen molar-refractivity contribution < 1.29 is 25.3 Å². The Morgan fingerprint density at radius 1 is 1.75 bits per heavy atom. The molecule has 0 aliphatic rings. The number of carbonyl (C=O) groups is 1. The largest absolute Gasteiger partial charge is 0.504 e. The summed E-state index contributed by atoms with van der Waals surface area (Å²) in [6, 6.07) is 2.83. The SMILES string of the molecule is Cl.[2H]C([2H])([2H])Oc1cc(C[C@H](N)C(=O)O)ccc1O.[HH].